The number of halogens is 2. The molecule has 1 saturated carbocycles. The summed E-state index contributed by atoms with van der Waals surface area (Å²) in [6.07, 6.45) is 5.12. The molecular formula is C20H22Cl2N2O3S. The number of hydrogen-bond acceptors (Lipinski definition) is 3. The van der Waals surface area contributed by atoms with Gasteiger partial charge in [0, 0.05) is 6.04 Å². The van der Waals surface area contributed by atoms with E-state index in [0.717, 1.165) is 30.0 Å². The van der Waals surface area contributed by atoms with Gasteiger partial charge in [-0.05, 0) is 37.1 Å². The van der Waals surface area contributed by atoms with E-state index in [1.807, 2.05) is 0 Å². The molecule has 0 saturated heterocycles. The topological polar surface area (TPSA) is 66.5 Å². The highest BCUT2D eigenvalue weighted by molar-refractivity contribution is 7.92. The molecule has 1 aliphatic rings. The summed E-state index contributed by atoms with van der Waals surface area (Å²) in [5.74, 6) is -0.359. The molecule has 2 aromatic rings. The van der Waals surface area contributed by atoms with Crippen LogP contribution in [0.25, 0.3) is 0 Å². The van der Waals surface area contributed by atoms with Crippen LogP contribution >= 0.6 is 23.2 Å². The van der Waals surface area contributed by atoms with Gasteiger partial charge in [0.15, 0.2) is 0 Å². The maximum atomic E-state index is 13.3. The minimum absolute atomic E-state index is 0.0801. The Morgan fingerprint density at radius 2 is 1.68 bits per heavy atom. The van der Waals surface area contributed by atoms with Crippen LogP contribution in [0.4, 0.5) is 5.69 Å². The molecule has 1 amide bonds. The Labute approximate surface area is 175 Å². The van der Waals surface area contributed by atoms with E-state index in [4.69, 9.17) is 23.2 Å². The first kappa shape index (κ1) is 21.0. The van der Waals surface area contributed by atoms with Crippen LogP contribution in [0.5, 0.6) is 0 Å². The van der Waals surface area contributed by atoms with E-state index in [-0.39, 0.29) is 39.1 Å². The zero-order valence-electron chi connectivity index (χ0n) is 15.3. The van der Waals surface area contributed by atoms with Gasteiger partial charge in [-0.1, -0.05) is 66.7 Å². The number of carbonyl (C=O) groups excluding carboxylic acids is 1. The zero-order chi connectivity index (χ0) is 20.1. The lowest BCUT2D eigenvalue weighted by molar-refractivity contribution is -0.120. The van der Waals surface area contributed by atoms with Gasteiger partial charge in [-0.15, -0.1) is 0 Å². The lowest BCUT2D eigenvalue weighted by Gasteiger charge is -2.27. The number of sulfonamides is 1. The van der Waals surface area contributed by atoms with Crippen molar-refractivity contribution >= 4 is 44.8 Å². The molecule has 1 fully saturated rings. The number of nitrogens with one attached hydrogen (secondary N) is 1. The van der Waals surface area contributed by atoms with Gasteiger partial charge in [0.1, 0.15) is 6.54 Å². The molecule has 5 nitrogen and oxygen atoms in total. The minimum Gasteiger partial charge on any atom is -0.352 e. The van der Waals surface area contributed by atoms with Crippen molar-refractivity contribution in [2.75, 3.05) is 10.8 Å². The lowest BCUT2D eigenvalue weighted by Crippen LogP contribution is -2.45. The molecule has 0 radical (unpaired) electrons. The minimum atomic E-state index is -4.00. The Bertz CT molecular complexity index is 930. The third-order valence-corrected chi connectivity index (χ3v) is 7.37. The first-order chi connectivity index (χ1) is 13.4. The molecule has 150 valence electrons. The Kier molecular flexibility index (Phi) is 6.86. The van der Waals surface area contributed by atoms with Crippen LogP contribution < -0.4 is 9.62 Å². The van der Waals surface area contributed by atoms with Crippen molar-refractivity contribution in [2.24, 2.45) is 0 Å². The van der Waals surface area contributed by atoms with Gasteiger partial charge in [-0.2, -0.15) is 0 Å². The quantitative estimate of drug-likeness (QED) is 0.711. The van der Waals surface area contributed by atoms with Crippen molar-refractivity contribution in [3.63, 3.8) is 0 Å². The van der Waals surface area contributed by atoms with Crippen molar-refractivity contribution in [1.29, 1.82) is 0 Å². The second-order valence-corrected chi connectivity index (χ2v) is 9.45. The molecule has 0 atom stereocenters. The molecule has 0 unspecified atom stereocenters. The molecule has 0 aromatic heterocycles. The smallest absolute Gasteiger partial charge is 0.264 e. The average molecular weight is 441 g/mol. The van der Waals surface area contributed by atoms with Gasteiger partial charge >= 0.3 is 0 Å². The number of benzene rings is 2. The first-order valence-corrected chi connectivity index (χ1v) is 11.4. The van der Waals surface area contributed by atoms with Gasteiger partial charge in [-0.3, -0.25) is 9.10 Å². The second kappa shape index (κ2) is 9.16. The van der Waals surface area contributed by atoms with Crippen molar-refractivity contribution in [3.8, 4) is 0 Å². The third-order valence-electron chi connectivity index (χ3n) is 4.79. The Morgan fingerprint density at radius 1 is 1.00 bits per heavy atom. The Hall–Kier alpha value is -1.76. The van der Waals surface area contributed by atoms with Crippen molar-refractivity contribution in [3.05, 3.63) is 58.6 Å². The van der Waals surface area contributed by atoms with E-state index < -0.39 is 10.0 Å². The summed E-state index contributed by atoms with van der Waals surface area (Å²) in [7, 11) is -4.00. The van der Waals surface area contributed by atoms with Crippen LogP contribution in [-0.4, -0.2) is 26.9 Å². The van der Waals surface area contributed by atoms with Crippen LogP contribution in [-0.2, 0) is 14.8 Å². The fourth-order valence-electron chi connectivity index (χ4n) is 3.36. The van der Waals surface area contributed by atoms with Gasteiger partial charge in [0.25, 0.3) is 10.0 Å². The lowest BCUT2D eigenvalue weighted by atomic mass is 9.95. The maximum Gasteiger partial charge on any atom is 0.264 e. The van der Waals surface area contributed by atoms with Crippen LogP contribution in [0.1, 0.15) is 32.1 Å². The number of nitrogens with zero attached hydrogens (tertiary/aromatic N) is 1. The highest BCUT2D eigenvalue weighted by atomic mass is 35.5. The maximum absolute atomic E-state index is 13.3. The number of rotatable bonds is 6. The summed E-state index contributed by atoms with van der Waals surface area (Å²) in [5, 5.41) is 3.27. The van der Waals surface area contributed by atoms with Crippen LogP contribution in [0.15, 0.2) is 53.4 Å². The standard InChI is InChI=1S/C20H22Cl2N2O3S/c21-17-12-7-13-18(20(17)22)24(28(26,27)16-10-5-2-6-11-16)14-19(25)23-15-8-3-1-4-9-15/h2,5-7,10-13,15H,1,3-4,8-9,14H2,(H,23,25). The normalized spacial score (nSPS) is 15.2. The van der Waals surface area contributed by atoms with E-state index in [1.54, 1.807) is 36.4 Å². The number of amides is 1. The third kappa shape index (κ3) is 4.80. The summed E-state index contributed by atoms with van der Waals surface area (Å²) in [6, 6.07) is 12.8. The van der Waals surface area contributed by atoms with E-state index >= 15 is 0 Å². The molecule has 1 N–H and O–H groups in total. The predicted molar refractivity (Wildman–Crippen MR) is 112 cm³/mol. The molecule has 0 heterocycles. The van der Waals surface area contributed by atoms with Gasteiger partial charge in [-0.25, -0.2) is 8.42 Å². The highest BCUT2D eigenvalue weighted by Crippen LogP contribution is 2.35. The summed E-state index contributed by atoms with van der Waals surface area (Å²) in [6.45, 7) is -0.367. The second-order valence-electron chi connectivity index (χ2n) is 6.80. The van der Waals surface area contributed by atoms with E-state index in [1.165, 1.54) is 18.6 Å². The van der Waals surface area contributed by atoms with Gasteiger partial charge in [0.05, 0.1) is 20.6 Å². The number of carbonyl (C=O) groups is 1. The molecule has 0 aliphatic heterocycles. The molecule has 2 aromatic carbocycles. The Balaban J connectivity index is 1.93. The van der Waals surface area contributed by atoms with E-state index in [2.05, 4.69) is 5.32 Å². The summed E-state index contributed by atoms with van der Waals surface area (Å²) >= 11 is 12.4. The zero-order valence-corrected chi connectivity index (χ0v) is 17.6. The van der Waals surface area contributed by atoms with Crippen molar-refractivity contribution in [2.45, 2.75) is 43.0 Å². The molecule has 0 bridgehead atoms. The highest BCUT2D eigenvalue weighted by Gasteiger charge is 2.30. The summed E-state index contributed by atoms with van der Waals surface area (Å²) in [5.41, 5.74) is 0.178. The van der Waals surface area contributed by atoms with Crippen LogP contribution in [0, 0.1) is 0 Å². The number of hydrogen-bond donors (Lipinski definition) is 1. The van der Waals surface area contributed by atoms with Gasteiger partial charge < -0.3 is 5.32 Å². The van der Waals surface area contributed by atoms with Crippen LogP contribution in [0.2, 0.25) is 10.0 Å². The summed E-state index contributed by atoms with van der Waals surface area (Å²) < 4.78 is 27.6. The Morgan fingerprint density at radius 3 is 2.36 bits per heavy atom. The summed E-state index contributed by atoms with van der Waals surface area (Å²) in [4.78, 5) is 12.8. The fraction of sp³-hybridized carbons (Fsp3) is 0.350. The molecule has 3 rings (SSSR count). The molecular weight excluding hydrogens is 419 g/mol. The monoisotopic (exact) mass is 440 g/mol. The van der Waals surface area contributed by atoms with E-state index in [9.17, 15) is 13.2 Å². The molecule has 28 heavy (non-hydrogen) atoms. The van der Waals surface area contributed by atoms with Gasteiger partial charge in [0.2, 0.25) is 5.91 Å². The largest absolute Gasteiger partial charge is 0.352 e. The van der Waals surface area contributed by atoms with E-state index in [0.29, 0.717) is 0 Å². The molecule has 8 heteroatoms. The molecule has 0 spiro atoms. The fourth-order valence-corrected chi connectivity index (χ4v) is 5.26. The molecule has 1 aliphatic carbocycles. The predicted octanol–water partition coefficient (Wildman–Crippen LogP) is 4.64. The number of anilines is 1. The van der Waals surface area contributed by atoms with Crippen molar-refractivity contribution < 1.29 is 13.2 Å². The van der Waals surface area contributed by atoms with Crippen LogP contribution in [0.3, 0.4) is 0 Å². The SMILES string of the molecule is O=C(CN(c1cccc(Cl)c1Cl)S(=O)(=O)c1ccccc1)NC1CCCCC1. The van der Waals surface area contributed by atoms with Crippen molar-refractivity contribution in [1.82, 2.24) is 5.32 Å². The average Bonchev–Trinajstić information content (AvgIpc) is 2.70. The first-order valence-electron chi connectivity index (χ1n) is 9.21.